The van der Waals surface area contributed by atoms with Crippen LogP contribution in [-0.4, -0.2) is 36.0 Å². The minimum atomic E-state index is -0.315. The average molecular weight is 318 g/mol. The number of hydrogen-bond donors (Lipinski definition) is 3. The molecule has 2 aliphatic heterocycles. The highest BCUT2D eigenvalue weighted by Crippen LogP contribution is 2.41. The lowest BCUT2D eigenvalue weighted by molar-refractivity contribution is -0.132. The van der Waals surface area contributed by atoms with Crippen LogP contribution in [0.4, 0.5) is 4.39 Å². The van der Waals surface area contributed by atoms with E-state index in [1.54, 1.807) is 12.1 Å². The second-order valence-corrected chi connectivity index (χ2v) is 7.06. The lowest BCUT2D eigenvalue weighted by Gasteiger charge is -2.20. The summed E-state index contributed by atoms with van der Waals surface area (Å²) in [5.41, 5.74) is 12.9. The first-order valence-electron chi connectivity index (χ1n) is 8.43. The van der Waals surface area contributed by atoms with E-state index in [4.69, 9.17) is 5.73 Å². The van der Waals surface area contributed by atoms with Crippen molar-refractivity contribution in [2.45, 2.75) is 37.4 Å². The van der Waals surface area contributed by atoms with E-state index < -0.39 is 0 Å². The summed E-state index contributed by atoms with van der Waals surface area (Å²) in [5, 5.41) is 0. The molecule has 0 spiro atoms. The van der Waals surface area contributed by atoms with Crippen LogP contribution < -0.4 is 16.6 Å². The number of likely N-dealkylation sites (tertiary alicyclic amines) is 1. The number of hydrogen-bond acceptors (Lipinski definition) is 4. The molecule has 2 saturated heterocycles. The van der Waals surface area contributed by atoms with Gasteiger partial charge in [0.2, 0.25) is 5.91 Å². The van der Waals surface area contributed by atoms with Crippen LogP contribution in [0.25, 0.3) is 0 Å². The molecule has 1 aromatic rings. The van der Waals surface area contributed by atoms with Gasteiger partial charge in [-0.2, -0.15) is 0 Å². The van der Waals surface area contributed by atoms with E-state index in [0.717, 1.165) is 6.54 Å². The molecular weight excluding hydrogens is 295 g/mol. The van der Waals surface area contributed by atoms with Crippen molar-refractivity contribution in [3.05, 3.63) is 35.6 Å². The maximum Gasteiger partial charge on any atom is 0.241 e. The quantitative estimate of drug-likeness (QED) is 0.775. The van der Waals surface area contributed by atoms with Crippen molar-refractivity contribution in [2.75, 3.05) is 13.1 Å². The van der Waals surface area contributed by atoms with Crippen LogP contribution in [0.5, 0.6) is 0 Å². The lowest BCUT2D eigenvalue weighted by Crippen LogP contribution is -2.45. The molecule has 6 heteroatoms. The first-order chi connectivity index (χ1) is 11.1. The van der Waals surface area contributed by atoms with Gasteiger partial charge in [-0.05, 0) is 37.2 Å². The van der Waals surface area contributed by atoms with Crippen LogP contribution in [0, 0.1) is 17.7 Å². The molecule has 0 aromatic heterocycles. The van der Waals surface area contributed by atoms with Crippen molar-refractivity contribution >= 4 is 5.91 Å². The van der Waals surface area contributed by atoms with Gasteiger partial charge in [0.15, 0.2) is 0 Å². The molecule has 4 atom stereocenters. The van der Waals surface area contributed by atoms with Gasteiger partial charge in [-0.1, -0.05) is 18.2 Å². The van der Waals surface area contributed by atoms with E-state index >= 15 is 0 Å². The number of hydrazine groups is 1. The van der Waals surface area contributed by atoms with Gasteiger partial charge >= 0.3 is 0 Å². The van der Waals surface area contributed by atoms with Gasteiger partial charge in [-0.3, -0.25) is 4.79 Å². The lowest BCUT2D eigenvalue weighted by atomic mass is 9.99. The third-order valence-corrected chi connectivity index (χ3v) is 5.43. The fraction of sp³-hybridized carbons (Fsp3) is 0.588. The van der Waals surface area contributed by atoms with Crippen LogP contribution in [0.3, 0.4) is 0 Å². The Morgan fingerprint density at radius 1 is 1.22 bits per heavy atom. The SMILES string of the molecule is N[C@@H]1CN(C(=O)C2CC(c3ccccc3F)NN2)C[C@H]1C1CC1. The predicted molar refractivity (Wildman–Crippen MR) is 84.6 cm³/mol. The number of halogens is 1. The molecule has 1 aliphatic carbocycles. The molecule has 5 nitrogen and oxygen atoms in total. The van der Waals surface area contributed by atoms with Gasteiger partial charge in [0.05, 0.1) is 6.04 Å². The van der Waals surface area contributed by atoms with E-state index in [-0.39, 0.29) is 29.8 Å². The van der Waals surface area contributed by atoms with Crippen molar-refractivity contribution in [3.63, 3.8) is 0 Å². The Hall–Kier alpha value is -1.50. The summed E-state index contributed by atoms with van der Waals surface area (Å²) in [6.45, 7) is 1.41. The number of benzene rings is 1. The highest BCUT2D eigenvalue weighted by atomic mass is 19.1. The van der Waals surface area contributed by atoms with Crippen LogP contribution in [0.15, 0.2) is 24.3 Å². The van der Waals surface area contributed by atoms with Crippen LogP contribution in [0.2, 0.25) is 0 Å². The second kappa shape index (κ2) is 5.85. The van der Waals surface area contributed by atoms with Crippen LogP contribution >= 0.6 is 0 Å². The summed E-state index contributed by atoms with van der Waals surface area (Å²) in [4.78, 5) is 14.6. The zero-order valence-electron chi connectivity index (χ0n) is 13.0. The Morgan fingerprint density at radius 2 is 2.00 bits per heavy atom. The number of amides is 1. The minimum absolute atomic E-state index is 0.0786. The fourth-order valence-electron chi connectivity index (χ4n) is 3.96. The molecule has 1 aromatic carbocycles. The van der Waals surface area contributed by atoms with Gasteiger partial charge < -0.3 is 10.6 Å². The molecule has 3 fully saturated rings. The summed E-state index contributed by atoms with van der Waals surface area (Å²) < 4.78 is 13.9. The van der Waals surface area contributed by atoms with Crippen LogP contribution in [0.1, 0.15) is 30.9 Å². The highest BCUT2D eigenvalue weighted by Gasteiger charge is 2.44. The normalized spacial score (nSPS) is 34.1. The number of rotatable bonds is 3. The Labute approximate surface area is 135 Å². The van der Waals surface area contributed by atoms with Crippen LogP contribution in [-0.2, 0) is 4.79 Å². The van der Waals surface area contributed by atoms with Gasteiger partial charge in [0.1, 0.15) is 11.9 Å². The Morgan fingerprint density at radius 3 is 2.74 bits per heavy atom. The molecule has 0 radical (unpaired) electrons. The average Bonchev–Trinajstić information content (AvgIpc) is 3.13. The van der Waals surface area contributed by atoms with Gasteiger partial charge in [-0.15, -0.1) is 0 Å². The summed E-state index contributed by atoms with van der Waals surface area (Å²) >= 11 is 0. The summed E-state index contributed by atoms with van der Waals surface area (Å²) in [7, 11) is 0. The van der Waals surface area contributed by atoms with Crippen molar-refractivity contribution in [2.24, 2.45) is 17.6 Å². The van der Waals surface area contributed by atoms with Gasteiger partial charge in [0.25, 0.3) is 0 Å². The van der Waals surface area contributed by atoms with Crippen molar-refractivity contribution in [3.8, 4) is 0 Å². The minimum Gasteiger partial charge on any atom is -0.339 e. The Kier molecular flexibility index (Phi) is 3.83. The van der Waals surface area contributed by atoms with E-state index in [1.807, 2.05) is 11.0 Å². The van der Waals surface area contributed by atoms with E-state index in [9.17, 15) is 9.18 Å². The highest BCUT2D eigenvalue weighted by molar-refractivity contribution is 5.82. The molecule has 4 N–H and O–H groups in total. The van der Waals surface area contributed by atoms with Gasteiger partial charge in [-0.25, -0.2) is 15.2 Å². The van der Waals surface area contributed by atoms with E-state index in [1.165, 1.54) is 18.9 Å². The predicted octanol–water partition coefficient (Wildman–Crippen LogP) is 0.929. The molecular formula is C17H23FN4O. The van der Waals surface area contributed by atoms with Crippen molar-refractivity contribution in [1.29, 1.82) is 0 Å². The molecule has 4 rings (SSSR count). The number of nitrogens with one attached hydrogen (secondary N) is 2. The summed E-state index contributed by atoms with van der Waals surface area (Å²) in [6, 6.07) is 6.30. The third-order valence-electron chi connectivity index (χ3n) is 5.43. The summed E-state index contributed by atoms with van der Waals surface area (Å²) in [5.74, 6) is 1.01. The monoisotopic (exact) mass is 318 g/mol. The van der Waals surface area contributed by atoms with Crippen molar-refractivity contribution in [1.82, 2.24) is 15.8 Å². The smallest absolute Gasteiger partial charge is 0.241 e. The first-order valence-corrected chi connectivity index (χ1v) is 8.43. The molecule has 1 amide bonds. The molecule has 124 valence electrons. The molecule has 2 heterocycles. The number of nitrogens with two attached hydrogens (primary N) is 1. The molecule has 23 heavy (non-hydrogen) atoms. The van der Waals surface area contributed by atoms with E-state index in [2.05, 4.69) is 10.9 Å². The Balaban J connectivity index is 1.40. The zero-order chi connectivity index (χ0) is 16.0. The first kappa shape index (κ1) is 15.1. The standard InChI is InChI=1S/C17H23FN4O/c18-13-4-2-1-3-11(13)15-7-16(21-20-15)17(23)22-8-12(10-5-6-10)14(19)9-22/h1-4,10,12,14-16,20-21H,5-9,19H2/t12-,14+,15?,16?/m0/s1. The molecule has 2 unspecified atom stereocenters. The van der Waals surface area contributed by atoms with Crippen molar-refractivity contribution < 1.29 is 9.18 Å². The number of carbonyl (C=O) groups excluding carboxylic acids is 1. The number of carbonyl (C=O) groups is 1. The molecule has 3 aliphatic rings. The fourth-order valence-corrected chi connectivity index (χ4v) is 3.96. The maximum absolute atomic E-state index is 13.9. The Bertz CT molecular complexity index is 606. The second-order valence-electron chi connectivity index (χ2n) is 7.06. The topological polar surface area (TPSA) is 70.4 Å². The molecule has 0 bridgehead atoms. The largest absolute Gasteiger partial charge is 0.339 e. The number of nitrogens with zero attached hydrogens (tertiary/aromatic N) is 1. The van der Waals surface area contributed by atoms with Gasteiger partial charge in [0, 0.05) is 24.7 Å². The maximum atomic E-state index is 13.9. The molecule has 1 saturated carbocycles. The summed E-state index contributed by atoms with van der Waals surface area (Å²) in [6.07, 6.45) is 3.05. The third kappa shape index (κ3) is 2.86. The van der Waals surface area contributed by atoms with E-state index in [0.29, 0.717) is 30.4 Å². The zero-order valence-corrected chi connectivity index (χ0v) is 13.0.